The predicted molar refractivity (Wildman–Crippen MR) is 52.9 cm³/mol. The number of pyridine rings is 1. The maximum Gasteiger partial charge on any atom is 0.304 e. The van der Waals surface area contributed by atoms with Crippen LogP contribution < -0.4 is 0 Å². The summed E-state index contributed by atoms with van der Waals surface area (Å²) in [5.74, 6) is -2.58. The molecule has 1 heterocycles. The molecule has 1 N–H and O–H groups in total. The second-order valence-corrected chi connectivity index (χ2v) is 3.67. The normalized spacial score (nSPS) is 12.8. The monoisotopic (exact) mass is 279 g/mol. The molecule has 0 amide bonds. The first-order chi connectivity index (χ1) is 7.02. The standard InChI is InChI=1S/C9H8BrF2NO2/c10-8-5(2-1-3-13-8)6(9(11)12)4-7(14)15/h1-3,6,9H,4H2,(H,14,15). The summed E-state index contributed by atoms with van der Waals surface area (Å²) in [4.78, 5) is 14.2. The van der Waals surface area contributed by atoms with Crippen LogP contribution in [0.3, 0.4) is 0 Å². The van der Waals surface area contributed by atoms with E-state index in [4.69, 9.17) is 5.11 Å². The first-order valence-electron chi connectivity index (χ1n) is 4.12. The second kappa shape index (κ2) is 5.16. The fraction of sp³-hybridized carbons (Fsp3) is 0.333. The van der Waals surface area contributed by atoms with E-state index in [-0.39, 0.29) is 10.2 Å². The van der Waals surface area contributed by atoms with Crippen LogP contribution in [-0.2, 0) is 4.79 Å². The third-order valence-electron chi connectivity index (χ3n) is 1.89. The molecule has 0 saturated carbocycles. The number of hydrogen-bond acceptors (Lipinski definition) is 2. The van der Waals surface area contributed by atoms with Crippen molar-refractivity contribution < 1.29 is 18.7 Å². The van der Waals surface area contributed by atoms with E-state index < -0.39 is 24.7 Å². The Kier molecular flexibility index (Phi) is 4.14. The highest BCUT2D eigenvalue weighted by Gasteiger charge is 2.27. The van der Waals surface area contributed by atoms with Crippen LogP contribution in [0.2, 0.25) is 0 Å². The van der Waals surface area contributed by atoms with Gasteiger partial charge in [0.1, 0.15) is 4.60 Å². The van der Waals surface area contributed by atoms with Crippen LogP contribution in [-0.4, -0.2) is 22.5 Å². The fourth-order valence-electron chi connectivity index (χ4n) is 1.20. The van der Waals surface area contributed by atoms with Crippen LogP contribution in [0.25, 0.3) is 0 Å². The number of carboxylic acids is 1. The average Bonchev–Trinajstić information content (AvgIpc) is 2.15. The van der Waals surface area contributed by atoms with Crippen molar-refractivity contribution in [1.29, 1.82) is 0 Å². The number of hydrogen-bond donors (Lipinski definition) is 1. The first-order valence-corrected chi connectivity index (χ1v) is 4.92. The predicted octanol–water partition coefficient (Wildman–Crippen LogP) is 2.67. The smallest absolute Gasteiger partial charge is 0.304 e. The maximum atomic E-state index is 12.6. The molecule has 0 bridgehead atoms. The van der Waals surface area contributed by atoms with E-state index >= 15 is 0 Å². The third-order valence-corrected chi connectivity index (χ3v) is 2.55. The Morgan fingerprint density at radius 1 is 1.60 bits per heavy atom. The van der Waals surface area contributed by atoms with E-state index in [0.717, 1.165) is 0 Å². The number of carboxylic acid groups (broad SMARTS) is 1. The molecule has 6 heteroatoms. The van der Waals surface area contributed by atoms with E-state index in [9.17, 15) is 13.6 Å². The van der Waals surface area contributed by atoms with E-state index in [1.54, 1.807) is 0 Å². The fourth-order valence-corrected chi connectivity index (χ4v) is 1.74. The molecule has 1 unspecified atom stereocenters. The SMILES string of the molecule is O=C(O)CC(c1cccnc1Br)C(F)F. The molecule has 0 aliphatic carbocycles. The Balaban J connectivity index is 2.99. The molecular weight excluding hydrogens is 272 g/mol. The maximum absolute atomic E-state index is 12.6. The molecule has 0 spiro atoms. The summed E-state index contributed by atoms with van der Waals surface area (Å²) in [6.07, 6.45) is -1.89. The van der Waals surface area contributed by atoms with Gasteiger partial charge in [-0.3, -0.25) is 4.79 Å². The number of aromatic nitrogens is 1. The number of rotatable bonds is 4. The Bertz CT molecular complexity index is 360. The summed E-state index contributed by atoms with van der Waals surface area (Å²) in [6.45, 7) is 0. The van der Waals surface area contributed by atoms with Crippen molar-refractivity contribution in [3.8, 4) is 0 Å². The minimum absolute atomic E-state index is 0.218. The lowest BCUT2D eigenvalue weighted by Crippen LogP contribution is -2.15. The second-order valence-electron chi connectivity index (χ2n) is 2.92. The number of halogens is 3. The highest BCUT2D eigenvalue weighted by Crippen LogP contribution is 2.30. The van der Waals surface area contributed by atoms with Gasteiger partial charge >= 0.3 is 5.97 Å². The van der Waals surface area contributed by atoms with Gasteiger partial charge in [0.15, 0.2) is 0 Å². The van der Waals surface area contributed by atoms with Crippen molar-refractivity contribution in [1.82, 2.24) is 4.98 Å². The zero-order valence-electron chi connectivity index (χ0n) is 7.53. The van der Waals surface area contributed by atoms with Crippen LogP contribution in [0.5, 0.6) is 0 Å². The number of alkyl halides is 2. The first kappa shape index (κ1) is 12.0. The van der Waals surface area contributed by atoms with Gasteiger partial charge in [-0.2, -0.15) is 0 Å². The molecule has 15 heavy (non-hydrogen) atoms. The van der Waals surface area contributed by atoms with Crippen LogP contribution in [0.4, 0.5) is 8.78 Å². The number of carbonyl (C=O) groups is 1. The van der Waals surface area contributed by atoms with Gasteiger partial charge in [0.25, 0.3) is 0 Å². The lowest BCUT2D eigenvalue weighted by Gasteiger charge is -2.14. The summed E-state index contributed by atoms with van der Waals surface area (Å²) in [5.41, 5.74) is 0.218. The van der Waals surface area contributed by atoms with Crippen molar-refractivity contribution in [2.24, 2.45) is 0 Å². The Labute approximate surface area is 93.3 Å². The molecule has 0 aromatic carbocycles. The van der Waals surface area contributed by atoms with Gasteiger partial charge in [-0.1, -0.05) is 6.07 Å². The van der Waals surface area contributed by atoms with E-state index in [1.165, 1.54) is 18.3 Å². The Morgan fingerprint density at radius 3 is 2.73 bits per heavy atom. The van der Waals surface area contributed by atoms with Gasteiger partial charge < -0.3 is 5.11 Å². The van der Waals surface area contributed by atoms with Crippen molar-refractivity contribution >= 4 is 21.9 Å². The van der Waals surface area contributed by atoms with E-state index in [2.05, 4.69) is 20.9 Å². The van der Waals surface area contributed by atoms with Crippen molar-refractivity contribution in [3.63, 3.8) is 0 Å². The molecule has 0 aliphatic heterocycles. The Morgan fingerprint density at radius 2 is 2.27 bits per heavy atom. The van der Waals surface area contributed by atoms with Crippen molar-refractivity contribution in [3.05, 3.63) is 28.5 Å². The third kappa shape index (κ3) is 3.23. The molecule has 82 valence electrons. The largest absolute Gasteiger partial charge is 0.481 e. The highest BCUT2D eigenvalue weighted by molar-refractivity contribution is 9.10. The Hall–Kier alpha value is -1.04. The van der Waals surface area contributed by atoms with Crippen LogP contribution in [0.15, 0.2) is 22.9 Å². The molecule has 3 nitrogen and oxygen atoms in total. The molecule has 0 aliphatic rings. The van der Waals surface area contributed by atoms with Gasteiger partial charge in [0.05, 0.1) is 12.3 Å². The summed E-state index contributed by atoms with van der Waals surface area (Å²) in [7, 11) is 0. The van der Waals surface area contributed by atoms with E-state index in [1.807, 2.05) is 0 Å². The zero-order valence-corrected chi connectivity index (χ0v) is 9.12. The molecule has 1 rings (SSSR count). The summed E-state index contributed by atoms with van der Waals surface area (Å²) < 4.78 is 25.5. The molecule has 0 fully saturated rings. The van der Waals surface area contributed by atoms with Crippen molar-refractivity contribution in [2.45, 2.75) is 18.8 Å². The molecule has 1 aromatic heterocycles. The number of aliphatic carboxylic acids is 1. The molecule has 0 saturated heterocycles. The molecule has 0 radical (unpaired) electrons. The van der Waals surface area contributed by atoms with Gasteiger partial charge in [0, 0.05) is 6.20 Å². The quantitative estimate of drug-likeness (QED) is 0.862. The topological polar surface area (TPSA) is 50.2 Å². The van der Waals surface area contributed by atoms with Gasteiger partial charge in [-0.05, 0) is 27.6 Å². The van der Waals surface area contributed by atoms with Gasteiger partial charge in [0.2, 0.25) is 6.43 Å². The summed E-state index contributed by atoms with van der Waals surface area (Å²) >= 11 is 3.02. The van der Waals surface area contributed by atoms with Crippen LogP contribution in [0, 0.1) is 0 Å². The average molecular weight is 280 g/mol. The molecular formula is C9H8BrF2NO2. The van der Waals surface area contributed by atoms with Crippen LogP contribution >= 0.6 is 15.9 Å². The number of nitrogens with zero attached hydrogens (tertiary/aromatic N) is 1. The highest BCUT2D eigenvalue weighted by atomic mass is 79.9. The lowest BCUT2D eigenvalue weighted by molar-refractivity contribution is -0.138. The van der Waals surface area contributed by atoms with E-state index in [0.29, 0.717) is 0 Å². The van der Waals surface area contributed by atoms with Crippen molar-refractivity contribution in [2.75, 3.05) is 0 Å². The van der Waals surface area contributed by atoms with Crippen LogP contribution in [0.1, 0.15) is 17.9 Å². The lowest BCUT2D eigenvalue weighted by atomic mass is 9.98. The molecule has 1 atom stereocenters. The van der Waals surface area contributed by atoms with Gasteiger partial charge in [-0.15, -0.1) is 0 Å². The summed E-state index contributed by atoms with van der Waals surface area (Å²) in [5, 5.41) is 8.52. The summed E-state index contributed by atoms with van der Waals surface area (Å²) in [6, 6.07) is 2.94. The minimum Gasteiger partial charge on any atom is -0.481 e. The molecule has 1 aromatic rings. The van der Waals surface area contributed by atoms with Gasteiger partial charge in [-0.25, -0.2) is 13.8 Å². The zero-order chi connectivity index (χ0) is 11.4. The minimum atomic E-state index is -2.72.